The van der Waals surface area contributed by atoms with Crippen LogP contribution in [-0.4, -0.2) is 51.2 Å². The maximum Gasteiger partial charge on any atom is 0.338 e. The lowest BCUT2D eigenvalue weighted by Gasteiger charge is -2.29. The zero-order valence-corrected chi connectivity index (χ0v) is 20.5. The Hall–Kier alpha value is -3.86. The van der Waals surface area contributed by atoms with Crippen LogP contribution in [-0.2, 0) is 16.1 Å². The number of pyridine rings is 1. The first kappa shape index (κ1) is 24.3. The second-order valence-electron chi connectivity index (χ2n) is 7.49. The number of carbonyl (C=O) groups is 2. The molecule has 2 aromatic heterocycles. The van der Waals surface area contributed by atoms with Crippen LogP contribution in [0.4, 0.5) is 4.79 Å². The van der Waals surface area contributed by atoms with Gasteiger partial charge in [0, 0.05) is 36.0 Å². The average Bonchev–Trinajstić information content (AvgIpc) is 3.30. The number of aromatic nitrogens is 4. The Morgan fingerprint density at radius 1 is 1.11 bits per heavy atom. The van der Waals surface area contributed by atoms with Crippen molar-refractivity contribution in [2.45, 2.75) is 31.6 Å². The summed E-state index contributed by atoms with van der Waals surface area (Å²) in [6.45, 7) is 4.62. The molecule has 1 unspecified atom stereocenters. The number of esters is 1. The molecule has 35 heavy (non-hydrogen) atoms. The van der Waals surface area contributed by atoms with Crippen molar-refractivity contribution in [2.75, 3.05) is 19.5 Å². The summed E-state index contributed by atoms with van der Waals surface area (Å²) >= 11 is 1.38. The molecular formula is C24H26N6O4S. The van der Waals surface area contributed by atoms with E-state index in [1.165, 1.54) is 11.8 Å². The number of benzene rings is 1. The maximum absolute atomic E-state index is 13.0. The quantitative estimate of drug-likeness (QED) is 0.343. The number of methoxy groups -OCH3 is 1. The standard InChI is InChI=1S/C24H26N6O4S/c1-4-30-21(16-10-12-25-13-11-16)28-29-24(30)35-14-18-19(22(31)34-5-2)20(27-23(32)26-18)15-6-8-17(33-3)9-7-15/h6-13,20H,4-5,14H2,1-3H3,(H2,26,27,32). The first-order chi connectivity index (χ1) is 17.0. The van der Waals surface area contributed by atoms with Gasteiger partial charge in [-0.1, -0.05) is 23.9 Å². The summed E-state index contributed by atoms with van der Waals surface area (Å²) in [4.78, 5) is 29.6. The van der Waals surface area contributed by atoms with E-state index in [2.05, 4.69) is 25.8 Å². The fourth-order valence-electron chi connectivity index (χ4n) is 3.76. The van der Waals surface area contributed by atoms with Gasteiger partial charge >= 0.3 is 12.0 Å². The predicted octanol–water partition coefficient (Wildman–Crippen LogP) is 3.33. The third kappa shape index (κ3) is 5.29. The van der Waals surface area contributed by atoms with Crippen LogP contribution in [0.15, 0.2) is 65.2 Å². The molecule has 0 saturated heterocycles. The summed E-state index contributed by atoms with van der Waals surface area (Å²) in [5.41, 5.74) is 2.46. The molecular weight excluding hydrogens is 468 g/mol. The van der Waals surface area contributed by atoms with Gasteiger partial charge < -0.3 is 24.7 Å². The Bertz CT molecular complexity index is 1230. The monoisotopic (exact) mass is 494 g/mol. The molecule has 2 N–H and O–H groups in total. The zero-order chi connectivity index (χ0) is 24.8. The molecule has 11 heteroatoms. The summed E-state index contributed by atoms with van der Waals surface area (Å²) in [7, 11) is 1.58. The van der Waals surface area contributed by atoms with E-state index in [-0.39, 0.29) is 6.61 Å². The lowest BCUT2D eigenvalue weighted by molar-refractivity contribution is -0.139. The minimum absolute atomic E-state index is 0.214. The van der Waals surface area contributed by atoms with Gasteiger partial charge in [-0.15, -0.1) is 10.2 Å². The van der Waals surface area contributed by atoms with E-state index in [4.69, 9.17) is 9.47 Å². The molecule has 3 aromatic rings. The highest BCUT2D eigenvalue weighted by Gasteiger charge is 2.34. The molecule has 0 fully saturated rings. The molecule has 4 rings (SSSR count). The van der Waals surface area contributed by atoms with Crippen LogP contribution >= 0.6 is 11.8 Å². The van der Waals surface area contributed by atoms with Gasteiger partial charge in [0.05, 0.1) is 25.3 Å². The van der Waals surface area contributed by atoms with Gasteiger partial charge in [-0.05, 0) is 43.7 Å². The second-order valence-corrected chi connectivity index (χ2v) is 8.43. The topological polar surface area (TPSA) is 120 Å². The van der Waals surface area contributed by atoms with Crippen LogP contribution in [0.3, 0.4) is 0 Å². The highest BCUT2D eigenvalue weighted by molar-refractivity contribution is 7.99. The minimum Gasteiger partial charge on any atom is -0.497 e. The van der Waals surface area contributed by atoms with Crippen molar-refractivity contribution in [3.8, 4) is 17.1 Å². The smallest absolute Gasteiger partial charge is 0.338 e. The first-order valence-electron chi connectivity index (χ1n) is 11.1. The molecule has 3 heterocycles. The minimum atomic E-state index is -0.666. The zero-order valence-electron chi connectivity index (χ0n) is 19.6. The highest BCUT2D eigenvalue weighted by atomic mass is 32.2. The summed E-state index contributed by atoms with van der Waals surface area (Å²) in [5, 5.41) is 15.0. The molecule has 10 nitrogen and oxygen atoms in total. The summed E-state index contributed by atoms with van der Waals surface area (Å²) < 4.78 is 12.6. The fraction of sp³-hybridized carbons (Fsp3) is 0.292. The maximum atomic E-state index is 13.0. The van der Waals surface area contributed by atoms with E-state index < -0.39 is 18.0 Å². The highest BCUT2D eigenvalue weighted by Crippen LogP contribution is 2.32. The van der Waals surface area contributed by atoms with Gasteiger partial charge in [0.2, 0.25) is 0 Å². The van der Waals surface area contributed by atoms with Gasteiger partial charge in [0.15, 0.2) is 11.0 Å². The molecule has 0 saturated carbocycles. The van der Waals surface area contributed by atoms with Gasteiger partial charge in [-0.25, -0.2) is 9.59 Å². The van der Waals surface area contributed by atoms with Crippen molar-refractivity contribution in [3.05, 3.63) is 65.6 Å². The van der Waals surface area contributed by atoms with Crippen molar-refractivity contribution >= 4 is 23.8 Å². The van der Waals surface area contributed by atoms with Crippen LogP contribution in [0, 0.1) is 0 Å². The van der Waals surface area contributed by atoms with Gasteiger partial charge in [-0.3, -0.25) is 4.98 Å². The molecule has 1 aliphatic heterocycles. The molecule has 0 aliphatic carbocycles. The predicted molar refractivity (Wildman–Crippen MR) is 131 cm³/mol. The average molecular weight is 495 g/mol. The van der Waals surface area contributed by atoms with Gasteiger partial charge in [0.1, 0.15) is 5.75 Å². The molecule has 0 radical (unpaired) electrons. The number of ether oxygens (including phenoxy) is 2. The molecule has 2 amide bonds. The van der Waals surface area contributed by atoms with Crippen molar-refractivity contribution in [1.29, 1.82) is 0 Å². The van der Waals surface area contributed by atoms with Crippen LogP contribution in [0.2, 0.25) is 0 Å². The van der Waals surface area contributed by atoms with E-state index in [1.807, 2.05) is 35.8 Å². The molecule has 1 atom stereocenters. The number of carbonyl (C=O) groups excluding carboxylic acids is 2. The Balaban J connectivity index is 1.67. The van der Waals surface area contributed by atoms with E-state index in [9.17, 15) is 9.59 Å². The van der Waals surface area contributed by atoms with E-state index >= 15 is 0 Å². The second kappa shape index (κ2) is 11.0. The first-order valence-corrected chi connectivity index (χ1v) is 12.1. The molecule has 1 aromatic carbocycles. The van der Waals surface area contributed by atoms with Crippen molar-refractivity contribution in [2.24, 2.45) is 0 Å². The molecule has 1 aliphatic rings. The summed E-state index contributed by atoms with van der Waals surface area (Å²) in [5.74, 6) is 1.20. The number of nitrogens with one attached hydrogen (secondary N) is 2. The number of nitrogens with zero attached hydrogens (tertiary/aromatic N) is 4. The van der Waals surface area contributed by atoms with Crippen molar-refractivity contribution in [3.63, 3.8) is 0 Å². The SMILES string of the molecule is CCOC(=O)C1=C(CSc2nnc(-c3ccncc3)n2CC)NC(=O)NC1c1ccc(OC)cc1. The lowest BCUT2D eigenvalue weighted by atomic mass is 9.95. The third-order valence-corrected chi connectivity index (χ3v) is 6.41. The normalized spacial score (nSPS) is 15.4. The number of amides is 2. The largest absolute Gasteiger partial charge is 0.497 e. The van der Waals surface area contributed by atoms with E-state index in [1.54, 1.807) is 38.6 Å². The van der Waals surface area contributed by atoms with Gasteiger partial charge in [-0.2, -0.15) is 0 Å². The van der Waals surface area contributed by atoms with Crippen LogP contribution in [0.25, 0.3) is 11.4 Å². The summed E-state index contributed by atoms with van der Waals surface area (Å²) in [6.07, 6.45) is 3.41. The van der Waals surface area contributed by atoms with Crippen LogP contribution in [0.5, 0.6) is 5.75 Å². The third-order valence-electron chi connectivity index (χ3n) is 5.42. The summed E-state index contributed by atoms with van der Waals surface area (Å²) in [6, 6.07) is 9.87. The van der Waals surface area contributed by atoms with Crippen molar-refractivity contribution < 1.29 is 19.1 Å². The van der Waals surface area contributed by atoms with Gasteiger partial charge in [0.25, 0.3) is 0 Å². The number of urea groups is 1. The molecule has 182 valence electrons. The Morgan fingerprint density at radius 2 is 1.86 bits per heavy atom. The number of thioether (sulfide) groups is 1. The fourth-order valence-corrected chi connectivity index (χ4v) is 4.73. The Kier molecular flexibility index (Phi) is 7.66. The molecule has 0 bridgehead atoms. The number of hydrogen-bond donors (Lipinski definition) is 2. The van der Waals surface area contributed by atoms with E-state index in [0.717, 1.165) is 17.0 Å². The van der Waals surface area contributed by atoms with E-state index in [0.29, 0.717) is 34.5 Å². The Labute approximate surface area is 207 Å². The number of hydrogen-bond acceptors (Lipinski definition) is 8. The Morgan fingerprint density at radius 3 is 2.51 bits per heavy atom. The van der Waals surface area contributed by atoms with Crippen LogP contribution in [0.1, 0.15) is 25.5 Å². The molecule has 0 spiro atoms. The lowest BCUT2D eigenvalue weighted by Crippen LogP contribution is -2.46. The van der Waals surface area contributed by atoms with Crippen molar-refractivity contribution in [1.82, 2.24) is 30.4 Å². The number of rotatable bonds is 9. The van der Waals surface area contributed by atoms with Crippen LogP contribution < -0.4 is 15.4 Å².